The lowest BCUT2D eigenvalue weighted by molar-refractivity contribution is -0.191. The minimum absolute atomic E-state index is 0.132. The van der Waals surface area contributed by atoms with Gasteiger partial charge in [0, 0.05) is 32.5 Å². The predicted octanol–water partition coefficient (Wildman–Crippen LogP) is 3.32. The summed E-state index contributed by atoms with van der Waals surface area (Å²) in [6.07, 6.45) is 2.94. The Kier molecular flexibility index (Phi) is 5.32. The molecule has 0 spiro atoms. The summed E-state index contributed by atoms with van der Waals surface area (Å²) >= 11 is 0. The number of amides is 1. The van der Waals surface area contributed by atoms with Gasteiger partial charge in [-0.15, -0.1) is 0 Å². The number of rotatable bonds is 3. The minimum Gasteiger partial charge on any atom is -0.417 e. The molecule has 1 unspecified atom stereocenters. The maximum absolute atomic E-state index is 13.2. The van der Waals surface area contributed by atoms with Crippen molar-refractivity contribution in [3.63, 3.8) is 0 Å². The molecule has 0 radical (unpaired) electrons. The van der Waals surface area contributed by atoms with Crippen LogP contribution in [0, 0.1) is 0 Å². The van der Waals surface area contributed by atoms with Gasteiger partial charge < -0.3 is 15.2 Å². The summed E-state index contributed by atoms with van der Waals surface area (Å²) in [5.74, 6) is -1.57. The highest BCUT2D eigenvalue weighted by Crippen LogP contribution is 2.36. The first-order valence-corrected chi connectivity index (χ1v) is 10.4. The number of ether oxygens (including phenoxy) is 1. The van der Waals surface area contributed by atoms with Crippen molar-refractivity contribution in [2.24, 2.45) is 0 Å². The highest BCUT2D eigenvalue weighted by molar-refractivity contribution is 5.93. The van der Waals surface area contributed by atoms with Crippen molar-refractivity contribution in [3.8, 4) is 0 Å². The number of piperazine rings is 1. The number of carbonyl (C=O) groups excluding carboxylic acids is 2. The number of nitrogens with zero attached hydrogens (tertiary/aromatic N) is 1. The Morgan fingerprint density at radius 1 is 1.07 bits per heavy atom. The Balaban J connectivity index is 1.72. The van der Waals surface area contributed by atoms with Gasteiger partial charge in [-0.3, -0.25) is 9.69 Å². The molecule has 2 fully saturated rings. The van der Waals surface area contributed by atoms with Crippen LogP contribution in [0.3, 0.4) is 0 Å². The molecule has 1 aliphatic heterocycles. The highest BCUT2D eigenvalue weighted by Gasteiger charge is 2.49. The first kappa shape index (κ1) is 19.9. The van der Waals surface area contributed by atoms with Crippen molar-refractivity contribution in [2.75, 3.05) is 19.6 Å². The van der Waals surface area contributed by atoms with Crippen LogP contribution in [0.15, 0.2) is 42.5 Å². The van der Waals surface area contributed by atoms with E-state index < -0.39 is 17.4 Å². The highest BCUT2D eigenvalue weighted by atomic mass is 16.7. The second kappa shape index (κ2) is 7.76. The molecule has 1 heterocycles. The standard InChI is InChI=1S/C23H28N2O4/c1-17(26)23(20-10-9-18-7-3-4-8-19(18)15-20)16-24-13-14-25(23)21(27)29-22(28)11-5-2-6-12-22/h3-4,7-10,15,24,28H,2,5-6,11-14,16H2,1H3. The van der Waals surface area contributed by atoms with E-state index in [1.54, 1.807) is 0 Å². The van der Waals surface area contributed by atoms with Crippen LogP contribution in [0.2, 0.25) is 0 Å². The fourth-order valence-corrected chi connectivity index (χ4v) is 4.64. The third kappa shape index (κ3) is 3.63. The largest absolute Gasteiger partial charge is 0.417 e. The zero-order valence-corrected chi connectivity index (χ0v) is 16.8. The lowest BCUT2D eigenvalue weighted by atomic mass is 9.82. The van der Waals surface area contributed by atoms with Crippen molar-refractivity contribution in [2.45, 2.75) is 50.4 Å². The number of ketones is 1. The molecule has 0 bridgehead atoms. The Morgan fingerprint density at radius 3 is 2.52 bits per heavy atom. The lowest BCUT2D eigenvalue weighted by Crippen LogP contribution is -2.65. The molecule has 1 saturated carbocycles. The fraction of sp³-hybridized carbons (Fsp3) is 0.478. The summed E-state index contributed by atoms with van der Waals surface area (Å²) in [4.78, 5) is 27.7. The lowest BCUT2D eigenvalue weighted by Gasteiger charge is -2.46. The summed E-state index contributed by atoms with van der Waals surface area (Å²) in [5.41, 5.74) is -0.409. The van der Waals surface area contributed by atoms with E-state index in [1.807, 2.05) is 42.5 Å². The van der Waals surface area contributed by atoms with Crippen LogP contribution in [-0.4, -0.2) is 47.3 Å². The second-order valence-corrected chi connectivity index (χ2v) is 8.18. The molecule has 4 rings (SSSR count). The number of fused-ring (bicyclic) bond motifs is 1. The molecule has 6 nitrogen and oxygen atoms in total. The number of nitrogens with one attached hydrogen (secondary N) is 1. The number of aliphatic hydroxyl groups is 1. The second-order valence-electron chi connectivity index (χ2n) is 8.18. The fourth-order valence-electron chi connectivity index (χ4n) is 4.64. The first-order valence-electron chi connectivity index (χ1n) is 10.4. The molecule has 2 aliphatic rings. The zero-order valence-electron chi connectivity index (χ0n) is 16.8. The van der Waals surface area contributed by atoms with E-state index in [9.17, 15) is 14.7 Å². The van der Waals surface area contributed by atoms with Crippen LogP contribution < -0.4 is 5.32 Å². The van der Waals surface area contributed by atoms with E-state index in [2.05, 4.69) is 5.32 Å². The van der Waals surface area contributed by atoms with E-state index in [0.717, 1.165) is 35.6 Å². The van der Waals surface area contributed by atoms with E-state index in [0.29, 0.717) is 32.5 Å². The molecule has 2 aromatic rings. The van der Waals surface area contributed by atoms with Crippen molar-refractivity contribution in [1.82, 2.24) is 10.2 Å². The van der Waals surface area contributed by atoms with Crippen LogP contribution in [0.5, 0.6) is 0 Å². The van der Waals surface area contributed by atoms with Gasteiger partial charge in [-0.05, 0) is 42.2 Å². The monoisotopic (exact) mass is 396 g/mol. The molecule has 6 heteroatoms. The first-order chi connectivity index (χ1) is 13.9. The molecule has 1 atom stereocenters. The van der Waals surface area contributed by atoms with Crippen molar-refractivity contribution >= 4 is 22.6 Å². The zero-order chi connectivity index (χ0) is 20.5. The maximum atomic E-state index is 13.2. The smallest absolute Gasteiger partial charge is 0.413 e. The Labute approximate surface area is 170 Å². The normalized spacial score (nSPS) is 24.3. The van der Waals surface area contributed by atoms with Gasteiger partial charge in [-0.1, -0.05) is 42.8 Å². The molecule has 29 heavy (non-hydrogen) atoms. The van der Waals surface area contributed by atoms with E-state index in [-0.39, 0.29) is 5.78 Å². The summed E-state index contributed by atoms with van der Waals surface area (Å²) in [6, 6.07) is 13.8. The van der Waals surface area contributed by atoms with Crippen LogP contribution in [0.25, 0.3) is 10.8 Å². The van der Waals surface area contributed by atoms with Crippen molar-refractivity contribution in [1.29, 1.82) is 0 Å². The van der Waals surface area contributed by atoms with E-state index in [1.165, 1.54) is 11.8 Å². The van der Waals surface area contributed by atoms with Crippen molar-refractivity contribution in [3.05, 3.63) is 48.0 Å². The number of carbonyl (C=O) groups is 2. The van der Waals surface area contributed by atoms with Crippen LogP contribution in [0.1, 0.15) is 44.6 Å². The average Bonchev–Trinajstić information content (AvgIpc) is 2.73. The van der Waals surface area contributed by atoms with Gasteiger partial charge in [-0.2, -0.15) is 0 Å². The summed E-state index contributed by atoms with van der Waals surface area (Å²) in [7, 11) is 0. The van der Waals surface area contributed by atoms with Gasteiger partial charge in [0.25, 0.3) is 0 Å². The molecule has 0 aromatic heterocycles. The van der Waals surface area contributed by atoms with Gasteiger partial charge >= 0.3 is 6.09 Å². The maximum Gasteiger partial charge on any atom is 0.413 e. The molecule has 1 saturated heterocycles. The molecular formula is C23H28N2O4. The minimum atomic E-state index is -1.44. The topological polar surface area (TPSA) is 78.9 Å². The number of benzene rings is 2. The van der Waals surface area contributed by atoms with Gasteiger partial charge in [-0.25, -0.2) is 4.79 Å². The quantitative estimate of drug-likeness (QED) is 0.778. The van der Waals surface area contributed by atoms with Crippen LogP contribution in [-0.2, 0) is 15.1 Å². The summed E-state index contributed by atoms with van der Waals surface area (Å²) in [5, 5.41) is 16.1. The average molecular weight is 396 g/mol. The Hall–Kier alpha value is -2.44. The van der Waals surface area contributed by atoms with Crippen molar-refractivity contribution < 1.29 is 19.4 Å². The van der Waals surface area contributed by atoms with E-state index >= 15 is 0 Å². The molecule has 2 N–H and O–H groups in total. The van der Waals surface area contributed by atoms with Gasteiger partial charge in [0.05, 0.1) is 0 Å². The molecular weight excluding hydrogens is 368 g/mol. The summed E-state index contributed by atoms with van der Waals surface area (Å²) in [6.45, 7) is 2.73. The predicted molar refractivity (Wildman–Crippen MR) is 110 cm³/mol. The van der Waals surface area contributed by atoms with Crippen LogP contribution >= 0.6 is 0 Å². The SMILES string of the molecule is CC(=O)C1(c2ccc3ccccc3c2)CNCCN1C(=O)OC1(O)CCCCC1. The molecule has 1 amide bonds. The van der Waals surface area contributed by atoms with Crippen LogP contribution in [0.4, 0.5) is 4.79 Å². The Morgan fingerprint density at radius 2 is 1.79 bits per heavy atom. The third-order valence-electron chi connectivity index (χ3n) is 6.30. The molecule has 154 valence electrons. The molecule has 1 aliphatic carbocycles. The number of hydrogen-bond donors (Lipinski definition) is 2. The van der Waals surface area contributed by atoms with Gasteiger partial charge in [0.15, 0.2) is 5.78 Å². The number of Topliss-reactive ketones (excluding diaryl/α,β-unsaturated/α-hetero) is 1. The third-order valence-corrected chi connectivity index (χ3v) is 6.30. The summed E-state index contributed by atoms with van der Waals surface area (Å²) < 4.78 is 5.60. The number of hydrogen-bond acceptors (Lipinski definition) is 5. The van der Waals surface area contributed by atoms with E-state index in [4.69, 9.17) is 4.74 Å². The van der Waals surface area contributed by atoms with Gasteiger partial charge in [0.2, 0.25) is 5.79 Å². The Bertz CT molecular complexity index is 922. The molecule has 2 aromatic carbocycles. The van der Waals surface area contributed by atoms with Gasteiger partial charge in [0.1, 0.15) is 5.54 Å².